The van der Waals surface area contributed by atoms with Gasteiger partial charge >= 0.3 is 0 Å². The standard InChI is InChI=1S/C17H23ClN2O2/c1-19-14(11-17(21)20-8-4-2-3-5-9-20)12-22-16-7-6-13(18)10-15(16)19/h6-7,10,14H,2-5,8-9,11-12H2,1H3/t14-/m1/s1. The molecule has 1 aromatic carbocycles. The van der Waals surface area contributed by atoms with E-state index in [-0.39, 0.29) is 11.9 Å². The van der Waals surface area contributed by atoms with Gasteiger partial charge in [0.25, 0.3) is 0 Å². The van der Waals surface area contributed by atoms with E-state index in [1.165, 1.54) is 12.8 Å². The molecule has 22 heavy (non-hydrogen) atoms. The van der Waals surface area contributed by atoms with Crippen molar-refractivity contribution in [3.8, 4) is 5.75 Å². The van der Waals surface area contributed by atoms with Crippen LogP contribution in [0.3, 0.4) is 0 Å². The number of fused-ring (bicyclic) bond motifs is 1. The van der Waals surface area contributed by atoms with E-state index in [0.717, 1.165) is 37.4 Å². The van der Waals surface area contributed by atoms with Gasteiger partial charge in [-0.1, -0.05) is 24.4 Å². The minimum atomic E-state index is 0.0710. The van der Waals surface area contributed by atoms with Crippen LogP contribution in [0, 0.1) is 0 Å². The molecule has 1 fully saturated rings. The maximum atomic E-state index is 12.6. The Morgan fingerprint density at radius 2 is 2.00 bits per heavy atom. The zero-order valence-corrected chi connectivity index (χ0v) is 13.8. The van der Waals surface area contributed by atoms with Gasteiger partial charge in [0.15, 0.2) is 0 Å². The van der Waals surface area contributed by atoms with E-state index in [2.05, 4.69) is 4.90 Å². The van der Waals surface area contributed by atoms with Crippen molar-refractivity contribution in [2.45, 2.75) is 38.1 Å². The molecule has 0 unspecified atom stereocenters. The Bertz CT molecular complexity index is 541. The maximum absolute atomic E-state index is 12.6. The normalized spacial score (nSPS) is 21.8. The molecule has 5 heteroatoms. The highest BCUT2D eigenvalue weighted by molar-refractivity contribution is 6.31. The number of carbonyl (C=O) groups is 1. The number of hydrogen-bond acceptors (Lipinski definition) is 3. The number of anilines is 1. The second-order valence-corrected chi connectivity index (χ2v) is 6.62. The monoisotopic (exact) mass is 322 g/mol. The maximum Gasteiger partial charge on any atom is 0.224 e. The van der Waals surface area contributed by atoms with Crippen LogP contribution in [0.5, 0.6) is 5.75 Å². The van der Waals surface area contributed by atoms with Gasteiger partial charge in [0.2, 0.25) is 5.91 Å². The number of rotatable bonds is 2. The first-order valence-corrected chi connectivity index (χ1v) is 8.46. The van der Waals surface area contributed by atoms with Crippen molar-refractivity contribution in [3.63, 3.8) is 0 Å². The van der Waals surface area contributed by atoms with Crippen molar-refractivity contribution in [3.05, 3.63) is 23.2 Å². The highest BCUT2D eigenvalue weighted by Crippen LogP contribution is 2.35. The number of hydrogen-bond donors (Lipinski definition) is 0. The van der Waals surface area contributed by atoms with Gasteiger partial charge in [-0.2, -0.15) is 0 Å². The Labute approximate surface area is 137 Å². The van der Waals surface area contributed by atoms with Gasteiger partial charge in [-0.3, -0.25) is 4.79 Å². The van der Waals surface area contributed by atoms with Crippen molar-refractivity contribution in [2.24, 2.45) is 0 Å². The summed E-state index contributed by atoms with van der Waals surface area (Å²) in [7, 11) is 2.01. The molecule has 4 nitrogen and oxygen atoms in total. The number of amides is 1. The zero-order valence-electron chi connectivity index (χ0n) is 13.1. The van der Waals surface area contributed by atoms with Crippen molar-refractivity contribution in [1.29, 1.82) is 0 Å². The number of halogens is 1. The van der Waals surface area contributed by atoms with Gasteiger partial charge in [0.1, 0.15) is 12.4 Å². The third-order valence-corrected chi connectivity index (χ3v) is 4.88. The molecule has 1 aromatic rings. The molecule has 0 saturated carbocycles. The summed E-state index contributed by atoms with van der Waals surface area (Å²) >= 11 is 6.08. The molecular weight excluding hydrogens is 300 g/mol. The molecule has 1 amide bonds. The van der Waals surface area contributed by atoms with E-state index in [1.807, 2.05) is 30.1 Å². The Kier molecular flexibility index (Phi) is 4.77. The fourth-order valence-corrected chi connectivity index (χ4v) is 3.40. The Morgan fingerprint density at radius 3 is 2.73 bits per heavy atom. The van der Waals surface area contributed by atoms with E-state index in [0.29, 0.717) is 18.1 Å². The molecule has 0 radical (unpaired) electrons. The van der Waals surface area contributed by atoms with Crippen LogP contribution in [0.25, 0.3) is 0 Å². The van der Waals surface area contributed by atoms with E-state index >= 15 is 0 Å². The van der Waals surface area contributed by atoms with Gasteiger partial charge in [-0.15, -0.1) is 0 Å². The molecule has 2 heterocycles. The van der Waals surface area contributed by atoms with Crippen LogP contribution in [0.4, 0.5) is 5.69 Å². The van der Waals surface area contributed by atoms with Crippen molar-refractivity contribution in [1.82, 2.24) is 4.90 Å². The lowest BCUT2D eigenvalue weighted by Crippen LogP contribution is -2.45. The summed E-state index contributed by atoms with van der Waals surface area (Å²) in [6.45, 7) is 2.35. The molecule has 0 bridgehead atoms. The summed E-state index contributed by atoms with van der Waals surface area (Å²) in [5.74, 6) is 1.08. The number of ether oxygens (including phenoxy) is 1. The molecule has 2 aliphatic heterocycles. The summed E-state index contributed by atoms with van der Waals surface area (Å²) in [6.07, 6.45) is 5.23. The first-order valence-electron chi connectivity index (χ1n) is 8.08. The Hall–Kier alpha value is -1.42. The topological polar surface area (TPSA) is 32.8 Å². The third-order valence-electron chi connectivity index (χ3n) is 4.65. The van der Waals surface area contributed by atoms with Crippen LogP contribution in [0.2, 0.25) is 5.02 Å². The molecule has 1 atom stereocenters. The first kappa shape index (κ1) is 15.5. The average molecular weight is 323 g/mol. The van der Waals surface area contributed by atoms with Crippen LogP contribution < -0.4 is 9.64 Å². The first-order chi connectivity index (χ1) is 10.6. The Balaban J connectivity index is 1.67. The minimum Gasteiger partial charge on any atom is -0.489 e. The molecular formula is C17H23ClN2O2. The molecule has 0 spiro atoms. The summed E-state index contributed by atoms with van der Waals surface area (Å²) in [5.41, 5.74) is 0.965. The van der Waals surface area contributed by atoms with Crippen molar-refractivity contribution in [2.75, 3.05) is 31.6 Å². The zero-order chi connectivity index (χ0) is 15.5. The van der Waals surface area contributed by atoms with E-state index in [9.17, 15) is 4.79 Å². The predicted molar refractivity (Wildman–Crippen MR) is 88.8 cm³/mol. The van der Waals surface area contributed by atoms with Gasteiger partial charge < -0.3 is 14.5 Å². The van der Waals surface area contributed by atoms with Gasteiger partial charge in [0.05, 0.1) is 18.2 Å². The van der Waals surface area contributed by atoms with Gasteiger partial charge in [0, 0.05) is 25.2 Å². The van der Waals surface area contributed by atoms with Crippen molar-refractivity contribution < 1.29 is 9.53 Å². The van der Waals surface area contributed by atoms with Gasteiger partial charge in [-0.05, 0) is 31.0 Å². The number of likely N-dealkylation sites (tertiary alicyclic amines) is 1. The quantitative estimate of drug-likeness (QED) is 0.837. The summed E-state index contributed by atoms with van der Waals surface area (Å²) in [6, 6.07) is 5.69. The lowest BCUT2D eigenvalue weighted by atomic mass is 10.1. The molecule has 0 N–H and O–H groups in total. The molecule has 1 saturated heterocycles. The predicted octanol–water partition coefficient (Wildman–Crippen LogP) is 3.33. The fourth-order valence-electron chi connectivity index (χ4n) is 3.23. The molecule has 2 aliphatic rings. The fraction of sp³-hybridized carbons (Fsp3) is 0.588. The second kappa shape index (κ2) is 6.78. The number of nitrogens with zero attached hydrogens (tertiary/aromatic N) is 2. The number of benzene rings is 1. The molecule has 120 valence electrons. The molecule has 0 aromatic heterocycles. The van der Waals surface area contributed by atoms with Crippen LogP contribution in [0.15, 0.2) is 18.2 Å². The summed E-state index contributed by atoms with van der Waals surface area (Å²) in [4.78, 5) is 16.7. The van der Waals surface area contributed by atoms with Crippen LogP contribution in [-0.4, -0.2) is 43.6 Å². The third kappa shape index (κ3) is 3.32. The van der Waals surface area contributed by atoms with E-state index < -0.39 is 0 Å². The Morgan fingerprint density at radius 1 is 1.27 bits per heavy atom. The summed E-state index contributed by atoms with van der Waals surface area (Å²) in [5, 5.41) is 0.689. The van der Waals surface area contributed by atoms with Crippen molar-refractivity contribution >= 4 is 23.2 Å². The second-order valence-electron chi connectivity index (χ2n) is 6.19. The smallest absolute Gasteiger partial charge is 0.224 e. The largest absolute Gasteiger partial charge is 0.489 e. The van der Waals surface area contributed by atoms with E-state index in [1.54, 1.807) is 0 Å². The minimum absolute atomic E-state index is 0.0710. The van der Waals surface area contributed by atoms with Gasteiger partial charge in [-0.25, -0.2) is 0 Å². The lowest BCUT2D eigenvalue weighted by molar-refractivity contribution is -0.131. The van der Waals surface area contributed by atoms with Crippen LogP contribution in [0.1, 0.15) is 32.1 Å². The summed E-state index contributed by atoms with van der Waals surface area (Å²) < 4.78 is 5.80. The average Bonchev–Trinajstić information content (AvgIpc) is 2.80. The SMILES string of the molecule is CN1c2cc(Cl)ccc2OC[C@H]1CC(=O)N1CCCCCC1. The molecule has 3 rings (SSSR count). The van der Waals surface area contributed by atoms with Crippen LogP contribution in [-0.2, 0) is 4.79 Å². The lowest BCUT2D eigenvalue weighted by Gasteiger charge is -2.36. The molecule has 0 aliphatic carbocycles. The number of likely N-dealkylation sites (N-methyl/N-ethyl adjacent to an activating group) is 1. The highest BCUT2D eigenvalue weighted by atomic mass is 35.5. The highest BCUT2D eigenvalue weighted by Gasteiger charge is 2.28. The van der Waals surface area contributed by atoms with Crippen LogP contribution >= 0.6 is 11.6 Å². The van der Waals surface area contributed by atoms with E-state index in [4.69, 9.17) is 16.3 Å². The number of carbonyl (C=O) groups excluding carboxylic acids is 1.